The topological polar surface area (TPSA) is 86.1 Å². The lowest BCUT2D eigenvalue weighted by Crippen LogP contribution is -2.30. The lowest BCUT2D eigenvalue weighted by molar-refractivity contribution is 0.480. The van der Waals surface area contributed by atoms with Crippen molar-refractivity contribution >= 4 is 26.5 Å². The Bertz CT molecular complexity index is 1180. The third kappa shape index (κ3) is 3.70. The van der Waals surface area contributed by atoms with E-state index in [0.717, 1.165) is 34.0 Å². The van der Waals surface area contributed by atoms with Gasteiger partial charge in [0.05, 0.1) is 17.9 Å². The molecule has 7 heteroatoms. The molecule has 1 aliphatic heterocycles. The summed E-state index contributed by atoms with van der Waals surface area (Å²) in [5.41, 5.74) is 3.49. The lowest BCUT2D eigenvalue weighted by Gasteiger charge is -2.18. The molecule has 0 spiro atoms. The summed E-state index contributed by atoms with van der Waals surface area (Å²) < 4.78 is 25.1. The van der Waals surface area contributed by atoms with Crippen LogP contribution in [-0.2, 0) is 10.0 Å². The van der Waals surface area contributed by atoms with Gasteiger partial charge in [-0.3, -0.25) is 4.98 Å². The van der Waals surface area contributed by atoms with Crippen LogP contribution in [0.5, 0.6) is 0 Å². The van der Waals surface area contributed by atoms with Gasteiger partial charge >= 0.3 is 0 Å². The van der Waals surface area contributed by atoms with E-state index >= 15 is 0 Å². The van der Waals surface area contributed by atoms with Gasteiger partial charge in [-0.05, 0) is 53.3 Å². The largest absolute Gasteiger partial charge is 0.380 e. The Labute approximate surface area is 164 Å². The zero-order valence-corrected chi connectivity index (χ0v) is 16.3. The monoisotopic (exact) mass is 392 g/mol. The highest BCUT2D eigenvalue weighted by Gasteiger charge is 2.28. The number of fused-ring (bicyclic) bond motifs is 1. The molecule has 1 aliphatic rings. The van der Waals surface area contributed by atoms with Crippen molar-refractivity contribution < 1.29 is 8.42 Å². The summed E-state index contributed by atoms with van der Waals surface area (Å²) in [4.78, 5) is 4.24. The van der Waals surface area contributed by atoms with Crippen LogP contribution in [0.3, 0.4) is 0 Å². The van der Waals surface area contributed by atoms with Gasteiger partial charge in [0.15, 0.2) is 0 Å². The quantitative estimate of drug-likeness (QED) is 0.737. The molecule has 0 saturated carbocycles. The van der Waals surface area contributed by atoms with Crippen LogP contribution in [0.4, 0.5) is 5.69 Å². The standard InChI is InChI=1S/C21H20N4O2S/c1-28(26,27)25-8-6-19(14-25)24-21-11-18(10-17-5-7-23-13-20(17)21)16-4-2-3-15(9-16)12-22/h2-5,7,9-11,13,19,24H,6,8,14H2,1H3/t19-/m0/s1. The van der Waals surface area contributed by atoms with Crippen LogP contribution < -0.4 is 5.32 Å². The first-order valence-corrected chi connectivity index (χ1v) is 10.9. The molecule has 0 unspecified atom stereocenters. The Morgan fingerprint density at radius 2 is 2.07 bits per heavy atom. The molecule has 0 aliphatic carbocycles. The van der Waals surface area contributed by atoms with Crippen molar-refractivity contribution in [3.63, 3.8) is 0 Å². The first-order chi connectivity index (χ1) is 13.4. The number of aromatic nitrogens is 1. The van der Waals surface area contributed by atoms with Crippen molar-refractivity contribution in [3.8, 4) is 17.2 Å². The van der Waals surface area contributed by atoms with Gasteiger partial charge in [0.1, 0.15) is 0 Å². The molecular weight excluding hydrogens is 372 g/mol. The highest BCUT2D eigenvalue weighted by Crippen LogP contribution is 2.32. The van der Waals surface area contributed by atoms with Gasteiger partial charge in [-0.15, -0.1) is 0 Å². The number of nitrogens with zero attached hydrogens (tertiary/aromatic N) is 3. The summed E-state index contributed by atoms with van der Waals surface area (Å²) in [6.45, 7) is 0.978. The van der Waals surface area contributed by atoms with Crippen LogP contribution in [0.15, 0.2) is 54.9 Å². The highest BCUT2D eigenvalue weighted by atomic mass is 32.2. The minimum absolute atomic E-state index is 0.0406. The van der Waals surface area contributed by atoms with Crippen molar-refractivity contribution in [2.24, 2.45) is 0 Å². The number of sulfonamides is 1. The summed E-state index contributed by atoms with van der Waals surface area (Å²) in [6.07, 6.45) is 5.57. The fraction of sp³-hybridized carbons (Fsp3) is 0.238. The number of rotatable bonds is 4. The molecule has 1 atom stereocenters. The van der Waals surface area contributed by atoms with Crippen LogP contribution in [0.2, 0.25) is 0 Å². The Morgan fingerprint density at radius 3 is 2.82 bits per heavy atom. The molecule has 142 valence electrons. The van der Waals surface area contributed by atoms with Gasteiger partial charge < -0.3 is 5.32 Å². The summed E-state index contributed by atoms with van der Waals surface area (Å²) >= 11 is 0. The number of nitrogens with one attached hydrogen (secondary N) is 1. The average Bonchev–Trinajstić information content (AvgIpc) is 3.17. The Balaban J connectivity index is 1.72. The molecule has 1 saturated heterocycles. The van der Waals surface area contributed by atoms with E-state index in [1.54, 1.807) is 12.3 Å². The van der Waals surface area contributed by atoms with E-state index < -0.39 is 10.0 Å². The van der Waals surface area contributed by atoms with E-state index in [1.165, 1.54) is 10.6 Å². The summed E-state index contributed by atoms with van der Waals surface area (Å²) in [5.74, 6) is 0. The van der Waals surface area contributed by atoms with E-state index in [0.29, 0.717) is 18.7 Å². The third-order valence-electron chi connectivity index (χ3n) is 5.06. The molecule has 6 nitrogen and oxygen atoms in total. The predicted octanol–water partition coefficient (Wildman–Crippen LogP) is 3.22. The fourth-order valence-corrected chi connectivity index (χ4v) is 4.51. The SMILES string of the molecule is CS(=O)(=O)N1CC[C@H](Nc2cc(-c3cccc(C#N)c3)cc3ccncc23)C1. The maximum atomic E-state index is 11.8. The van der Waals surface area contributed by atoms with E-state index in [1.807, 2.05) is 36.5 Å². The first kappa shape index (κ1) is 18.4. The minimum Gasteiger partial charge on any atom is -0.380 e. The third-order valence-corrected chi connectivity index (χ3v) is 6.33. The van der Waals surface area contributed by atoms with E-state index in [2.05, 4.69) is 22.4 Å². The molecule has 2 aromatic carbocycles. The molecule has 2 heterocycles. The van der Waals surface area contributed by atoms with Gasteiger partial charge in [0, 0.05) is 42.6 Å². The Kier molecular flexibility index (Phi) is 4.75. The minimum atomic E-state index is -3.18. The van der Waals surface area contributed by atoms with Crippen molar-refractivity contribution in [1.29, 1.82) is 5.26 Å². The molecule has 28 heavy (non-hydrogen) atoms. The molecule has 1 fully saturated rings. The van der Waals surface area contributed by atoms with Crippen LogP contribution in [0.25, 0.3) is 21.9 Å². The smallest absolute Gasteiger partial charge is 0.211 e. The number of hydrogen-bond acceptors (Lipinski definition) is 5. The van der Waals surface area contributed by atoms with Crippen LogP contribution >= 0.6 is 0 Å². The van der Waals surface area contributed by atoms with Crippen molar-refractivity contribution in [3.05, 3.63) is 60.4 Å². The maximum absolute atomic E-state index is 11.8. The molecule has 1 aromatic heterocycles. The number of anilines is 1. The molecule has 0 bridgehead atoms. The van der Waals surface area contributed by atoms with Gasteiger partial charge in [0.25, 0.3) is 0 Å². The number of benzene rings is 2. The van der Waals surface area contributed by atoms with Gasteiger partial charge in [-0.2, -0.15) is 5.26 Å². The average molecular weight is 392 g/mol. The van der Waals surface area contributed by atoms with Crippen molar-refractivity contribution in [1.82, 2.24) is 9.29 Å². The molecule has 0 radical (unpaired) electrons. The zero-order valence-electron chi connectivity index (χ0n) is 15.5. The van der Waals surface area contributed by atoms with E-state index in [9.17, 15) is 13.7 Å². The molecule has 1 N–H and O–H groups in total. The molecule has 4 rings (SSSR count). The molecule has 3 aromatic rings. The van der Waals surface area contributed by atoms with Gasteiger partial charge in [-0.1, -0.05) is 12.1 Å². The number of pyridine rings is 1. The Hall–Kier alpha value is -2.95. The second kappa shape index (κ2) is 7.23. The van der Waals surface area contributed by atoms with Crippen molar-refractivity contribution in [2.45, 2.75) is 12.5 Å². The fourth-order valence-electron chi connectivity index (χ4n) is 3.62. The highest BCUT2D eigenvalue weighted by molar-refractivity contribution is 7.88. The number of nitriles is 1. The van der Waals surface area contributed by atoms with Gasteiger partial charge in [0.2, 0.25) is 10.0 Å². The van der Waals surface area contributed by atoms with Crippen LogP contribution in [0, 0.1) is 11.3 Å². The number of hydrogen-bond donors (Lipinski definition) is 1. The van der Waals surface area contributed by atoms with Crippen LogP contribution in [-0.4, -0.2) is 43.1 Å². The predicted molar refractivity (Wildman–Crippen MR) is 110 cm³/mol. The normalized spacial score (nSPS) is 17.5. The first-order valence-electron chi connectivity index (χ1n) is 9.04. The van der Waals surface area contributed by atoms with Crippen LogP contribution in [0.1, 0.15) is 12.0 Å². The summed E-state index contributed by atoms with van der Waals surface area (Å²) in [7, 11) is -3.18. The second-order valence-corrected chi connectivity index (χ2v) is 9.05. The van der Waals surface area contributed by atoms with E-state index in [-0.39, 0.29) is 6.04 Å². The Morgan fingerprint density at radius 1 is 1.21 bits per heavy atom. The summed E-state index contributed by atoms with van der Waals surface area (Å²) in [6, 6.07) is 15.8. The zero-order chi connectivity index (χ0) is 19.7. The summed E-state index contributed by atoms with van der Waals surface area (Å²) in [5, 5.41) is 14.7. The molecular formula is C21H20N4O2S. The molecule has 0 amide bonds. The van der Waals surface area contributed by atoms with E-state index in [4.69, 9.17) is 0 Å². The lowest BCUT2D eigenvalue weighted by atomic mass is 9.99. The van der Waals surface area contributed by atoms with Gasteiger partial charge in [-0.25, -0.2) is 12.7 Å². The maximum Gasteiger partial charge on any atom is 0.211 e. The second-order valence-electron chi connectivity index (χ2n) is 7.06. The van der Waals surface area contributed by atoms with Crippen molar-refractivity contribution in [2.75, 3.05) is 24.7 Å².